The molecular weight excluding hydrogens is 277 g/mol. The highest BCUT2D eigenvalue weighted by Gasteiger charge is 2.10. The van der Waals surface area contributed by atoms with Crippen LogP contribution in [0.5, 0.6) is 0 Å². The third kappa shape index (κ3) is 3.18. The Bertz CT molecular complexity index is 320. The zero-order valence-corrected chi connectivity index (χ0v) is 11.2. The molecule has 1 unspecified atom stereocenters. The second-order valence-electron chi connectivity index (χ2n) is 3.53. The van der Waals surface area contributed by atoms with Crippen LogP contribution in [0.25, 0.3) is 0 Å². The molecule has 0 aliphatic rings. The van der Waals surface area contributed by atoms with Gasteiger partial charge in [-0.3, -0.25) is 0 Å². The summed E-state index contributed by atoms with van der Waals surface area (Å²) in [6.07, 6.45) is 0. The number of rotatable bonds is 4. The Kier molecular flexibility index (Phi) is 5.06. The number of benzene rings is 1. The van der Waals surface area contributed by atoms with Crippen molar-refractivity contribution in [3.8, 4) is 0 Å². The average Bonchev–Trinajstić information content (AvgIpc) is 2.22. The van der Waals surface area contributed by atoms with E-state index in [-0.39, 0.29) is 0 Å². The van der Waals surface area contributed by atoms with Gasteiger partial charge in [0.15, 0.2) is 0 Å². The van der Waals surface area contributed by atoms with Gasteiger partial charge in [-0.1, -0.05) is 34.5 Å². The first kappa shape index (κ1) is 13.0. The van der Waals surface area contributed by atoms with Gasteiger partial charge in [0, 0.05) is 22.2 Å². The Hall–Kier alpha value is -0.0900. The van der Waals surface area contributed by atoms with Crippen LogP contribution in [0.1, 0.15) is 24.0 Å². The van der Waals surface area contributed by atoms with E-state index in [1.54, 1.807) is 7.11 Å². The number of hydrogen-bond donors (Lipinski definition) is 1. The molecule has 0 aliphatic carbocycles. The van der Waals surface area contributed by atoms with Crippen molar-refractivity contribution in [2.75, 3.05) is 13.7 Å². The number of halogens is 2. The lowest BCUT2D eigenvalue weighted by Gasteiger charge is -2.13. The molecule has 1 rings (SSSR count). The molecule has 4 heteroatoms. The van der Waals surface area contributed by atoms with Gasteiger partial charge in [0.2, 0.25) is 0 Å². The van der Waals surface area contributed by atoms with Gasteiger partial charge in [0.25, 0.3) is 0 Å². The number of nitrogens with two attached hydrogens (primary N) is 1. The lowest BCUT2D eigenvalue weighted by atomic mass is 10.00. The molecule has 0 heterocycles. The normalized spacial score (nSPS) is 12.9. The third-order valence-corrected chi connectivity index (χ3v) is 3.42. The van der Waals surface area contributed by atoms with Gasteiger partial charge in [-0.05, 0) is 30.2 Å². The summed E-state index contributed by atoms with van der Waals surface area (Å²) in [6, 6.07) is 4.01. The van der Waals surface area contributed by atoms with Gasteiger partial charge in [0.1, 0.15) is 0 Å². The van der Waals surface area contributed by atoms with Crippen LogP contribution in [0.3, 0.4) is 0 Å². The Balaban J connectivity index is 3.07. The zero-order chi connectivity index (χ0) is 11.4. The minimum atomic E-state index is 0.315. The van der Waals surface area contributed by atoms with E-state index < -0.39 is 0 Å². The van der Waals surface area contributed by atoms with Crippen LogP contribution in [0, 0.1) is 0 Å². The van der Waals surface area contributed by atoms with Crippen molar-refractivity contribution < 1.29 is 4.74 Å². The van der Waals surface area contributed by atoms with Crippen molar-refractivity contribution in [3.63, 3.8) is 0 Å². The van der Waals surface area contributed by atoms with Gasteiger partial charge in [-0.15, -0.1) is 0 Å². The van der Waals surface area contributed by atoms with Crippen molar-refractivity contribution >= 4 is 27.5 Å². The molecule has 0 bridgehead atoms. The van der Waals surface area contributed by atoms with E-state index in [4.69, 9.17) is 22.1 Å². The van der Waals surface area contributed by atoms with Crippen molar-refractivity contribution in [1.29, 1.82) is 0 Å². The van der Waals surface area contributed by atoms with Crippen LogP contribution < -0.4 is 5.73 Å². The van der Waals surface area contributed by atoms with Gasteiger partial charge in [-0.25, -0.2) is 0 Å². The second-order valence-corrected chi connectivity index (χ2v) is 4.79. The van der Waals surface area contributed by atoms with Gasteiger partial charge >= 0.3 is 0 Å². The van der Waals surface area contributed by atoms with Crippen LogP contribution >= 0.6 is 27.5 Å². The first-order valence-electron chi connectivity index (χ1n) is 4.77. The molecular formula is C11H15BrClNO. The highest BCUT2D eigenvalue weighted by Crippen LogP contribution is 2.30. The van der Waals surface area contributed by atoms with Crippen molar-refractivity contribution in [2.45, 2.75) is 19.4 Å². The molecule has 1 aromatic rings. The third-order valence-electron chi connectivity index (χ3n) is 2.37. The molecule has 0 saturated carbocycles. The van der Waals surface area contributed by atoms with E-state index in [0.29, 0.717) is 19.1 Å². The fourth-order valence-electron chi connectivity index (χ4n) is 1.33. The molecule has 1 aromatic carbocycles. The van der Waals surface area contributed by atoms with E-state index >= 15 is 0 Å². The summed E-state index contributed by atoms with van der Waals surface area (Å²) < 4.78 is 6.06. The van der Waals surface area contributed by atoms with Crippen molar-refractivity contribution in [2.24, 2.45) is 5.73 Å². The summed E-state index contributed by atoms with van der Waals surface area (Å²) in [5, 5.41) is 0.724. The van der Waals surface area contributed by atoms with Crippen molar-refractivity contribution in [1.82, 2.24) is 0 Å². The van der Waals surface area contributed by atoms with E-state index in [1.165, 1.54) is 0 Å². The molecule has 0 aliphatic heterocycles. The Morgan fingerprint density at radius 2 is 2.20 bits per heavy atom. The molecule has 2 N–H and O–H groups in total. The maximum absolute atomic E-state index is 6.16. The van der Waals surface area contributed by atoms with Crippen LogP contribution in [-0.4, -0.2) is 13.7 Å². The van der Waals surface area contributed by atoms with Gasteiger partial charge in [-0.2, -0.15) is 0 Å². The predicted molar refractivity (Wildman–Crippen MR) is 67.3 cm³/mol. The van der Waals surface area contributed by atoms with Gasteiger partial charge in [0.05, 0.1) is 6.61 Å². The van der Waals surface area contributed by atoms with Crippen LogP contribution in [0.2, 0.25) is 5.02 Å². The molecule has 1 atom stereocenters. The minimum absolute atomic E-state index is 0.315. The Labute approximate surface area is 104 Å². The van der Waals surface area contributed by atoms with Crippen molar-refractivity contribution in [3.05, 3.63) is 32.8 Å². The molecule has 0 fully saturated rings. The van der Waals surface area contributed by atoms with E-state index in [0.717, 1.165) is 20.6 Å². The molecule has 15 heavy (non-hydrogen) atoms. The summed E-state index contributed by atoms with van der Waals surface area (Å²) in [5.41, 5.74) is 7.74. The summed E-state index contributed by atoms with van der Waals surface area (Å²) in [5.74, 6) is 0.315. The molecule has 0 saturated heterocycles. The minimum Gasteiger partial charge on any atom is -0.380 e. The quantitative estimate of drug-likeness (QED) is 0.924. The number of methoxy groups -OCH3 is 1. The van der Waals surface area contributed by atoms with Crippen LogP contribution in [0.4, 0.5) is 0 Å². The van der Waals surface area contributed by atoms with E-state index in [1.807, 2.05) is 6.07 Å². The molecule has 0 aromatic heterocycles. The fourth-order valence-corrected chi connectivity index (χ4v) is 2.31. The first-order valence-corrected chi connectivity index (χ1v) is 5.94. The monoisotopic (exact) mass is 291 g/mol. The molecule has 2 nitrogen and oxygen atoms in total. The topological polar surface area (TPSA) is 35.2 Å². The molecule has 0 radical (unpaired) electrons. The summed E-state index contributed by atoms with van der Waals surface area (Å²) in [4.78, 5) is 0. The maximum atomic E-state index is 6.16. The maximum Gasteiger partial charge on any atom is 0.0738 e. The SMILES string of the molecule is COCc1c(Cl)cc(C(C)CN)cc1Br. The first-order chi connectivity index (χ1) is 7.10. The summed E-state index contributed by atoms with van der Waals surface area (Å²) >= 11 is 9.65. The lowest BCUT2D eigenvalue weighted by molar-refractivity contribution is 0.184. The molecule has 0 spiro atoms. The zero-order valence-electron chi connectivity index (χ0n) is 8.89. The predicted octanol–water partition coefficient (Wildman–Crippen LogP) is 3.31. The second kappa shape index (κ2) is 5.85. The smallest absolute Gasteiger partial charge is 0.0738 e. The molecule has 84 valence electrons. The Morgan fingerprint density at radius 1 is 1.53 bits per heavy atom. The van der Waals surface area contributed by atoms with E-state index in [2.05, 4.69) is 28.9 Å². The Morgan fingerprint density at radius 3 is 2.67 bits per heavy atom. The fraction of sp³-hybridized carbons (Fsp3) is 0.455. The van der Waals surface area contributed by atoms with Gasteiger partial charge < -0.3 is 10.5 Å². The number of hydrogen-bond acceptors (Lipinski definition) is 2. The highest BCUT2D eigenvalue weighted by molar-refractivity contribution is 9.10. The molecule has 0 amide bonds. The summed E-state index contributed by atoms with van der Waals surface area (Å²) in [6.45, 7) is 3.21. The highest BCUT2D eigenvalue weighted by atomic mass is 79.9. The van der Waals surface area contributed by atoms with E-state index in [9.17, 15) is 0 Å². The van der Waals surface area contributed by atoms with Crippen LogP contribution in [0.15, 0.2) is 16.6 Å². The average molecular weight is 293 g/mol. The summed E-state index contributed by atoms with van der Waals surface area (Å²) in [7, 11) is 1.65. The standard InChI is InChI=1S/C11H15BrClNO/c1-7(5-14)8-3-10(12)9(6-15-2)11(13)4-8/h3-4,7H,5-6,14H2,1-2H3. The largest absolute Gasteiger partial charge is 0.380 e. The number of ether oxygens (including phenoxy) is 1. The van der Waals surface area contributed by atoms with Crippen LogP contribution in [-0.2, 0) is 11.3 Å². The lowest BCUT2D eigenvalue weighted by Crippen LogP contribution is -2.09.